The maximum atomic E-state index is 13.5. The van der Waals surface area contributed by atoms with Crippen LogP contribution in [0.5, 0.6) is 0 Å². The summed E-state index contributed by atoms with van der Waals surface area (Å²) in [6, 6.07) is 10.6. The van der Waals surface area contributed by atoms with E-state index in [9.17, 15) is 9.18 Å². The molecule has 2 saturated heterocycles. The number of benzene rings is 2. The van der Waals surface area contributed by atoms with Crippen molar-refractivity contribution in [1.29, 1.82) is 0 Å². The molecule has 2 N–H and O–H groups in total. The van der Waals surface area contributed by atoms with Crippen molar-refractivity contribution in [3.8, 4) is 11.1 Å². The van der Waals surface area contributed by atoms with Crippen molar-refractivity contribution in [3.05, 3.63) is 52.3 Å². The number of rotatable bonds is 4. The number of ether oxygens (including phenoxy) is 1. The molecule has 4 rings (SSSR count). The molecule has 2 aliphatic rings. The topological polar surface area (TPSA) is 50.4 Å². The van der Waals surface area contributed by atoms with Crippen molar-refractivity contribution < 1.29 is 13.9 Å². The van der Waals surface area contributed by atoms with Crippen LogP contribution in [-0.2, 0) is 4.74 Å². The highest BCUT2D eigenvalue weighted by molar-refractivity contribution is 6.31. The Balaban J connectivity index is 1.44. The van der Waals surface area contributed by atoms with Crippen LogP contribution < -0.4 is 10.6 Å². The quantitative estimate of drug-likeness (QED) is 0.646. The number of carbonyl (C=O) groups is 1. The Bertz CT molecular complexity index is 881. The fraction of sp³-hybridized carbons (Fsp3) is 0.381. The number of hydrogen-bond donors (Lipinski definition) is 2. The number of hydrogen-bond acceptors (Lipinski definition) is 3. The molecule has 2 atom stereocenters. The number of amides is 1. The Labute approximate surface area is 173 Å². The van der Waals surface area contributed by atoms with Crippen LogP contribution in [0.1, 0.15) is 25.7 Å². The average Bonchev–Trinajstić information content (AvgIpc) is 3.01. The van der Waals surface area contributed by atoms with Gasteiger partial charge in [0, 0.05) is 22.7 Å². The highest BCUT2D eigenvalue weighted by atomic mass is 35.5. The predicted molar refractivity (Wildman–Crippen MR) is 109 cm³/mol. The van der Waals surface area contributed by atoms with Crippen LogP contribution in [0.2, 0.25) is 10.0 Å². The van der Waals surface area contributed by atoms with Crippen molar-refractivity contribution in [3.63, 3.8) is 0 Å². The zero-order chi connectivity index (χ0) is 19.7. The second kappa shape index (κ2) is 8.27. The van der Waals surface area contributed by atoms with Gasteiger partial charge < -0.3 is 10.1 Å². The minimum absolute atomic E-state index is 0.0153. The summed E-state index contributed by atoms with van der Waals surface area (Å²) in [7, 11) is 0. The van der Waals surface area contributed by atoms with Gasteiger partial charge in [-0.15, -0.1) is 0 Å². The van der Waals surface area contributed by atoms with Crippen molar-refractivity contribution in [2.75, 3.05) is 11.9 Å². The standard InChI is InChI=1S/C21H21Cl2FN2O2/c22-14-2-5-17(13-1-6-19(24)18(23)9-13)20(10-14)26-21(27)28-11-12-7-15-3-4-16(8-12)25-15/h1-2,5-6,9-10,12,15-16,25H,3-4,7-8,11H2,(H,26,27). The summed E-state index contributed by atoms with van der Waals surface area (Å²) >= 11 is 12.0. The van der Waals surface area contributed by atoms with Crippen molar-refractivity contribution in [2.24, 2.45) is 5.92 Å². The van der Waals surface area contributed by atoms with Crippen LogP contribution in [0.3, 0.4) is 0 Å². The predicted octanol–water partition coefficient (Wildman–Crippen LogP) is 5.88. The first-order valence-electron chi connectivity index (χ1n) is 9.43. The summed E-state index contributed by atoms with van der Waals surface area (Å²) in [5.74, 6) is -0.108. The number of nitrogens with one attached hydrogen (secondary N) is 2. The molecule has 2 fully saturated rings. The molecule has 0 aliphatic carbocycles. The van der Waals surface area contributed by atoms with Crippen molar-refractivity contribution in [1.82, 2.24) is 5.32 Å². The van der Waals surface area contributed by atoms with Gasteiger partial charge in [0.1, 0.15) is 5.82 Å². The Hall–Kier alpha value is -1.82. The largest absolute Gasteiger partial charge is 0.449 e. The van der Waals surface area contributed by atoms with E-state index in [1.54, 1.807) is 24.3 Å². The molecule has 148 valence electrons. The van der Waals surface area contributed by atoms with E-state index < -0.39 is 11.9 Å². The van der Waals surface area contributed by atoms with Crippen LogP contribution >= 0.6 is 23.2 Å². The first kappa shape index (κ1) is 19.5. The fourth-order valence-corrected chi connectivity index (χ4v) is 4.54. The van der Waals surface area contributed by atoms with E-state index in [2.05, 4.69) is 10.6 Å². The van der Waals surface area contributed by atoms with Crippen LogP contribution in [-0.4, -0.2) is 24.8 Å². The second-order valence-electron chi connectivity index (χ2n) is 7.52. The second-order valence-corrected chi connectivity index (χ2v) is 8.36. The summed E-state index contributed by atoms with van der Waals surface area (Å²) in [6.07, 6.45) is 3.97. The van der Waals surface area contributed by atoms with Crippen LogP contribution in [0.15, 0.2) is 36.4 Å². The van der Waals surface area contributed by atoms with E-state index in [0.717, 1.165) is 12.8 Å². The minimum Gasteiger partial charge on any atom is -0.449 e. The van der Waals surface area contributed by atoms with Gasteiger partial charge in [-0.05, 0) is 61.4 Å². The van der Waals surface area contributed by atoms with Gasteiger partial charge in [-0.2, -0.15) is 0 Å². The Morgan fingerprint density at radius 1 is 1.14 bits per heavy atom. The maximum Gasteiger partial charge on any atom is 0.411 e. The van der Waals surface area contributed by atoms with Crippen molar-refractivity contribution in [2.45, 2.75) is 37.8 Å². The summed E-state index contributed by atoms with van der Waals surface area (Å²) < 4.78 is 19.0. The van der Waals surface area contributed by atoms with Gasteiger partial charge in [-0.3, -0.25) is 5.32 Å². The smallest absolute Gasteiger partial charge is 0.411 e. The summed E-state index contributed by atoms with van der Waals surface area (Å²) in [4.78, 5) is 12.4. The SMILES string of the molecule is O=C(Nc1cc(Cl)ccc1-c1ccc(F)c(Cl)c1)OCC1CC2CCC(C1)N2. The van der Waals surface area contributed by atoms with E-state index >= 15 is 0 Å². The molecule has 2 aromatic carbocycles. The highest BCUT2D eigenvalue weighted by Gasteiger charge is 2.33. The van der Waals surface area contributed by atoms with Gasteiger partial charge in [0.15, 0.2) is 0 Å². The van der Waals surface area contributed by atoms with Gasteiger partial charge in [-0.1, -0.05) is 35.3 Å². The Kier molecular flexibility index (Phi) is 5.76. The first-order chi connectivity index (χ1) is 13.5. The van der Waals surface area contributed by atoms with E-state index in [1.165, 1.54) is 25.0 Å². The molecule has 2 unspecified atom stereocenters. The molecule has 2 aliphatic heterocycles. The molecule has 0 aromatic heterocycles. The first-order valence-corrected chi connectivity index (χ1v) is 10.2. The van der Waals surface area contributed by atoms with E-state index in [4.69, 9.17) is 27.9 Å². The lowest BCUT2D eigenvalue weighted by Crippen LogP contribution is -2.39. The number of anilines is 1. The molecule has 0 saturated carbocycles. The van der Waals surface area contributed by atoms with Crippen LogP contribution in [0.4, 0.5) is 14.9 Å². The molecule has 2 aromatic rings. The molecule has 2 heterocycles. The summed E-state index contributed by atoms with van der Waals surface area (Å²) in [5.41, 5.74) is 1.85. The van der Waals surface area contributed by atoms with Crippen LogP contribution in [0.25, 0.3) is 11.1 Å². The molecule has 0 spiro atoms. The highest BCUT2D eigenvalue weighted by Crippen LogP contribution is 2.34. The van der Waals surface area contributed by atoms with E-state index in [0.29, 0.717) is 46.4 Å². The summed E-state index contributed by atoms with van der Waals surface area (Å²) in [6.45, 7) is 0.402. The maximum absolute atomic E-state index is 13.5. The molecular formula is C21H21Cl2FN2O2. The van der Waals surface area contributed by atoms with E-state index in [1.807, 2.05) is 0 Å². The summed E-state index contributed by atoms with van der Waals surface area (Å²) in [5, 5.41) is 6.83. The van der Waals surface area contributed by atoms with Crippen LogP contribution in [0, 0.1) is 11.7 Å². The molecule has 1 amide bonds. The van der Waals surface area contributed by atoms with E-state index in [-0.39, 0.29) is 5.02 Å². The number of fused-ring (bicyclic) bond motifs is 2. The lowest BCUT2D eigenvalue weighted by atomic mass is 9.93. The molecule has 7 heteroatoms. The van der Waals surface area contributed by atoms with Crippen molar-refractivity contribution >= 4 is 35.0 Å². The zero-order valence-corrected chi connectivity index (χ0v) is 16.7. The Morgan fingerprint density at radius 3 is 2.61 bits per heavy atom. The molecule has 28 heavy (non-hydrogen) atoms. The Morgan fingerprint density at radius 2 is 1.89 bits per heavy atom. The molecule has 2 bridgehead atoms. The van der Waals surface area contributed by atoms with Gasteiger partial charge in [0.05, 0.1) is 17.3 Å². The average molecular weight is 423 g/mol. The third-order valence-corrected chi connectivity index (χ3v) is 5.99. The van der Waals surface area contributed by atoms with Gasteiger partial charge >= 0.3 is 6.09 Å². The number of piperidine rings is 1. The third-order valence-electron chi connectivity index (χ3n) is 5.47. The fourth-order valence-electron chi connectivity index (χ4n) is 4.19. The lowest BCUT2D eigenvalue weighted by molar-refractivity contribution is 0.122. The normalized spacial score (nSPS) is 23.5. The molecular weight excluding hydrogens is 402 g/mol. The molecule has 0 radical (unpaired) electrons. The van der Waals surface area contributed by atoms with Gasteiger partial charge in [-0.25, -0.2) is 9.18 Å². The minimum atomic E-state index is -0.525. The molecule has 4 nitrogen and oxygen atoms in total. The third kappa shape index (κ3) is 4.43. The van der Waals surface area contributed by atoms with Gasteiger partial charge in [0.2, 0.25) is 0 Å². The zero-order valence-electron chi connectivity index (χ0n) is 15.2. The van der Waals surface area contributed by atoms with Gasteiger partial charge in [0.25, 0.3) is 0 Å². The monoisotopic (exact) mass is 422 g/mol. The number of carbonyl (C=O) groups excluding carboxylic acids is 1. The number of halogens is 3. The lowest BCUT2D eigenvalue weighted by Gasteiger charge is -2.28.